The van der Waals surface area contributed by atoms with Crippen LogP contribution in [0.1, 0.15) is 0 Å². The molecule has 7 rings (SSSR count). The molecular weight excluding hydrogens is 491 g/mol. The standard InChI is InChI=1S/C32H21N3S2/c1-3-10-29-23(7-1)24-8-2-4-11-30(24)37-32-20-22(28-16-18-34-35-28)13-15-26(32)25-14-12-21(19-31(25)36-29)27-9-5-6-17-33-27/h1-20H,(H,34,35). The van der Waals surface area contributed by atoms with Crippen LogP contribution in [0.15, 0.2) is 141 Å². The quantitative estimate of drug-likeness (QED) is 0.251. The van der Waals surface area contributed by atoms with Gasteiger partial charge in [0.05, 0.1) is 11.4 Å². The summed E-state index contributed by atoms with van der Waals surface area (Å²) in [5.74, 6) is 0. The number of nitrogens with zero attached hydrogens (tertiary/aromatic N) is 2. The number of benzene rings is 4. The van der Waals surface area contributed by atoms with E-state index >= 15 is 0 Å². The summed E-state index contributed by atoms with van der Waals surface area (Å²) < 4.78 is 0. The van der Waals surface area contributed by atoms with E-state index in [9.17, 15) is 0 Å². The zero-order valence-electron chi connectivity index (χ0n) is 19.8. The predicted octanol–water partition coefficient (Wildman–Crippen LogP) is 9.09. The summed E-state index contributed by atoms with van der Waals surface area (Å²) in [6, 6.07) is 38.9. The minimum Gasteiger partial charge on any atom is -0.285 e. The second-order valence-corrected chi connectivity index (χ2v) is 11.0. The number of hydrogen-bond acceptors (Lipinski definition) is 4. The van der Waals surface area contributed by atoms with E-state index in [2.05, 4.69) is 106 Å². The highest BCUT2D eigenvalue weighted by molar-refractivity contribution is 8.00. The highest BCUT2D eigenvalue weighted by atomic mass is 32.2. The van der Waals surface area contributed by atoms with E-state index in [1.807, 2.05) is 54.1 Å². The molecule has 176 valence electrons. The van der Waals surface area contributed by atoms with Gasteiger partial charge in [-0.15, -0.1) is 0 Å². The predicted molar refractivity (Wildman–Crippen MR) is 153 cm³/mol. The van der Waals surface area contributed by atoms with E-state index in [4.69, 9.17) is 0 Å². The van der Waals surface area contributed by atoms with Gasteiger partial charge in [0.2, 0.25) is 0 Å². The molecule has 2 aromatic heterocycles. The fraction of sp³-hybridized carbons (Fsp3) is 0. The molecule has 6 aromatic rings. The van der Waals surface area contributed by atoms with Gasteiger partial charge in [-0.25, -0.2) is 0 Å². The van der Waals surface area contributed by atoms with Crippen molar-refractivity contribution in [2.75, 3.05) is 0 Å². The van der Waals surface area contributed by atoms with Gasteiger partial charge in [0, 0.05) is 43.1 Å². The number of aromatic amines is 1. The van der Waals surface area contributed by atoms with Crippen LogP contribution < -0.4 is 0 Å². The number of aromatic nitrogens is 3. The van der Waals surface area contributed by atoms with Gasteiger partial charge in [0.15, 0.2) is 0 Å². The number of hydrogen-bond donors (Lipinski definition) is 1. The minimum atomic E-state index is 0.944. The van der Waals surface area contributed by atoms with Crippen LogP contribution in [0.25, 0.3) is 44.8 Å². The summed E-state index contributed by atoms with van der Waals surface area (Å²) >= 11 is 3.64. The number of nitrogens with one attached hydrogen (secondary N) is 1. The fourth-order valence-electron chi connectivity index (χ4n) is 4.73. The zero-order chi connectivity index (χ0) is 24.6. The summed E-state index contributed by atoms with van der Waals surface area (Å²) in [7, 11) is 0. The summed E-state index contributed by atoms with van der Waals surface area (Å²) in [6.45, 7) is 0. The van der Waals surface area contributed by atoms with Gasteiger partial charge in [0.25, 0.3) is 0 Å². The summed E-state index contributed by atoms with van der Waals surface area (Å²) in [6.07, 6.45) is 3.72. The third-order valence-corrected chi connectivity index (χ3v) is 8.78. The molecule has 0 fully saturated rings. The van der Waals surface area contributed by atoms with E-state index in [-0.39, 0.29) is 0 Å². The Morgan fingerprint density at radius 1 is 0.486 bits per heavy atom. The Labute approximate surface area is 224 Å². The van der Waals surface area contributed by atoms with Gasteiger partial charge in [-0.1, -0.05) is 90.3 Å². The van der Waals surface area contributed by atoms with Crippen molar-refractivity contribution in [3.8, 4) is 44.8 Å². The largest absolute Gasteiger partial charge is 0.285 e. The lowest BCUT2D eigenvalue weighted by Gasteiger charge is -2.21. The van der Waals surface area contributed by atoms with Gasteiger partial charge in [-0.05, 0) is 64.7 Å². The monoisotopic (exact) mass is 511 g/mol. The van der Waals surface area contributed by atoms with Crippen LogP contribution in [-0.4, -0.2) is 15.2 Å². The zero-order valence-corrected chi connectivity index (χ0v) is 21.4. The van der Waals surface area contributed by atoms with E-state index in [1.165, 1.54) is 41.8 Å². The normalized spacial score (nSPS) is 12.1. The maximum absolute atomic E-state index is 4.61. The number of H-pyrrole nitrogens is 1. The molecule has 4 aromatic carbocycles. The highest BCUT2D eigenvalue weighted by Gasteiger charge is 2.20. The molecule has 0 bridgehead atoms. The molecular formula is C32H21N3S2. The van der Waals surface area contributed by atoms with Gasteiger partial charge in [-0.2, -0.15) is 5.10 Å². The molecule has 37 heavy (non-hydrogen) atoms. The van der Waals surface area contributed by atoms with Gasteiger partial charge >= 0.3 is 0 Å². The molecule has 3 heterocycles. The molecule has 0 atom stereocenters. The van der Waals surface area contributed by atoms with E-state index in [0.717, 1.165) is 22.5 Å². The Bertz CT molecular complexity index is 1730. The van der Waals surface area contributed by atoms with Gasteiger partial charge in [-0.3, -0.25) is 10.1 Å². The van der Waals surface area contributed by atoms with Crippen LogP contribution in [-0.2, 0) is 0 Å². The lowest BCUT2D eigenvalue weighted by Crippen LogP contribution is -1.94. The second-order valence-electron chi connectivity index (χ2n) is 8.79. The van der Waals surface area contributed by atoms with Crippen LogP contribution >= 0.6 is 23.5 Å². The molecule has 0 saturated heterocycles. The first-order chi connectivity index (χ1) is 18.3. The minimum absolute atomic E-state index is 0.944. The molecule has 0 aliphatic carbocycles. The molecule has 1 aliphatic heterocycles. The molecule has 0 spiro atoms. The van der Waals surface area contributed by atoms with Crippen molar-refractivity contribution in [1.82, 2.24) is 15.2 Å². The molecule has 0 saturated carbocycles. The Morgan fingerprint density at radius 2 is 1.05 bits per heavy atom. The topological polar surface area (TPSA) is 41.6 Å². The number of rotatable bonds is 2. The van der Waals surface area contributed by atoms with Crippen LogP contribution in [0.5, 0.6) is 0 Å². The van der Waals surface area contributed by atoms with E-state index in [0.29, 0.717) is 0 Å². The summed E-state index contributed by atoms with van der Waals surface area (Å²) in [5, 5.41) is 7.38. The SMILES string of the molecule is c1ccc(-c2ccc3c(c2)Sc2ccccc2-c2ccccc2Sc2cc(-c4cc[nH]n4)ccc2-3)nc1. The van der Waals surface area contributed by atoms with Crippen LogP contribution in [0.4, 0.5) is 0 Å². The van der Waals surface area contributed by atoms with Crippen molar-refractivity contribution in [2.45, 2.75) is 19.6 Å². The Kier molecular flexibility index (Phi) is 5.65. The third-order valence-electron chi connectivity index (χ3n) is 6.51. The molecule has 0 unspecified atom stereocenters. The maximum Gasteiger partial charge on any atom is 0.0921 e. The lowest BCUT2D eigenvalue weighted by molar-refractivity contribution is 1.09. The first-order valence-corrected chi connectivity index (χ1v) is 13.7. The average molecular weight is 512 g/mol. The Hall–Kier alpha value is -4.06. The van der Waals surface area contributed by atoms with Crippen LogP contribution in [0.2, 0.25) is 0 Å². The number of pyridine rings is 1. The van der Waals surface area contributed by atoms with Crippen molar-refractivity contribution in [3.63, 3.8) is 0 Å². The second kappa shape index (κ2) is 9.43. The molecule has 1 N–H and O–H groups in total. The highest BCUT2D eigenvalue weighted by Crippen LogP contribution is 2.49. The van der Waals surface area contributed by atoms with Crippen molar-refractivity contribution >= 4 is 23.5 Å². The first kappa shape index (κ1) is 22.2. The molecule has 5 heteroatoms. The summed E-state index contributed by atoms with van der Waals surface area (Å²) in [4.78, 5) is 9.51. The molecule has 0 radical (unpaired) electrons. The molecule has 3 nitrogen and oxygen atoms in total. The van der Waals surface area contributed by atoms with Crippen LogP contribution in [0.3, 0.4) is 0 Å². The van der Waals surface area contributed by atoms with Crippen molar-refractivity contribution in [3.05, 3.63) is 122 Å². The van der Waals surface area contributed by atoms with E-state index in [1.54, 1.807) is 0 Å². The average Bonchev–Trinajstić information content (AvgIpc) is 3.50. The number of fused-ring (bicyclic) bond motifs is 6. The smallest absolute Gasteiger partial charge is 0.0921 e. The first-order valence-electron chi connectivity index (χ1n) is 12.1. The van der Waals surface area contributed by atoms with Crippen molar-refractivity contribution in [1.29, 1.82) is 0 Å². The molecule has 1 aliphatic rings. The maximum atomic E-state index is 4.61. The summed E-state index contributed by atoms with van der Waals surface area (Å²) in [5.41, 5.74) is 9.06. The van der Waals surface area contributed by atoms with Crippen molar-refractivity contribution in [2.24, 2.45) is 0 Å². The fourth-order valence-corrected chi connectivity index (χ4v) is 7.02. The Morgan fingerprint density at radius 3 is 1.62 bits per heavy atom. The van der Waals surface area contributed by atoms with E-state index < -0.39 is 0 Å². The van der Waals surface area contributed by atoms with Gasteiger partial charge in [0.1, 0.15) is 0 Å². The lowest BCUT2D eigenvalue weighted by atomic mass is 10.00. The van der Waals surface area contributed by atoms with Crippen molar-refractivity contribution < 1.29 is 0 Å². The van der Waals surface area contributed by atoms with Gasteiger partial charge < -0.3 is 0 Å². The van der Waals surface area contributed by atoms with Crippen LogP contribution in [0, 0.1) is 0 Å². The molecule has 0 amide bonds. The third kappa shape index (κ3) is 4.16. The Balaban J connectivity index is 1.49.